The first-order valence-corrected chi connectivity index (χ1v) is 10.0. The van der Waals surface area contributed by atoms with Crippen molar-refractivity contribution in [2.45, 2.75) is 25.8 Å². The number of hydrogen-bond acceptors (Lipinski definition) is 5. The Morgan fingerprint density at radius 1 is 1.13 bits per heavy atom. The number of hydrogen-bond donors (Lipinski definition) is 1. The number of ether oxygens (including phenoxy) is 2. The third-order valence-electron chi connectivity index (χ3n) is 4.78. The molecule has 1 N–H and O–H groups in total. The highest BCUT2D eigenvalue weighted by molar-refractivity contribution is 6.30. The Labute approximate surface area is 179 Å². The lowest BCUT2D eigenvalue weighted by Crippen LogP contribution is -2.26. The van der Waals surface area contributed by atoms with Gasteiger partial charge in [-0.05, 0) is 36.6 Å². The van der Waals surface area contributed by atoms with Crippen LogP contribution in [0.5, 0.6) is 11.5 Å². The number of aryl methyl sites for hydroxylation is 1. The van der Waals surface area contributed by atoms with Gasteiger partial charge in [0.2, 0.25) is 5.91 Å². The van der Waals surface area contributed by atoms with Crippen LogP contribution in [0.15, 0.2) is 47.5 Å². The van der Waals surface area contributed by atoms with Gasteiger partial charge in [0.05, 0.1) is 31.4 Å². The molecule has 2 aromatic carbocycles. The van der Waals surface area contributed by atoms with Crippen LogP contribution >= 0.6 is 11.6 Å². The Kier molecular flexibility index (Phi) is 7.30. The van der Waals surface area contributed by atoms with Crippen LogP contribution < -0.4 is 20.3 Å². The molecule has 0 radical (unpaired) electrons. The lowest BCUT2D eigenvalue weighted by atomic mass is 10.1. The molecule has 0 saturated carbocycles. The third kappa shape index (κ3) is 5.30. The van der Waals surface area contributed by atoms with Crippen LogP contribution in [0.4, 0.5) is 0 Å². The Morgan fingerprint density at radius 3 is 2.53 bits per heavy atom. The molecule has 1 heterocycles. The summed E-state index contributed by atoms with van der Waals surface area (Å²) in [5.41, 5.74) is 1.47. The quantitative estimate of drug-likeness (QED) is 0.564. The van der Waals surface area contributed by atoms with Gasteiger partial charge in [-0.3, -0.25) is 14.2 Å². The summed E-state index contributed by atoms with van der Waals surface area (Å²) < 4.78 is 12.0. The van der Waals surface area contributed by atoms with Crippen LogP contribution in [-0.2, 0) is 17.8 Å². The van der Waals surface area contributed by atoms with Crippen LogP contribution in [0.25, 0.3) is 10.9 Å². The van der Waals surface area contributed by atoms with Gasteiger partial charge in [-0.15, -0.1) is 0 Å². The third-order valence-corrected chi connectivity index (χ3v) is 5.03. The van der Waals surface area contributed by atoms with Crippen LogP contribution in [0, 0.1) is 0 Å². The van der Waals surface area contributed by atoms with Gasteiger partial charge >= 0.3 is 0 Å². The zero-order valence-corrected chi connectivity index (χ0v) is 17.7. The molecule has 3 rings (SSSR count). The summed E-state index contributed by atoms with van der Waals surface area (Å²) in [6.07, 6.45) is 3.10. The first-order valence-electron chi connectivity index (χ1n) is 9.64. The summed E-state index contributed by atoms with van der Waals surface area (Å²) in [7, 11) is 3.05. The van der Waals surface area contributed by atoms with Crippen molar-refractivity contribution in [1.82, 2.24) is 14.9 Å². The van der Waals surface area contributed by atoms with Crippen molar-refractivity contribution in [2.24, 2.45) is 0 Å². The van der Waals surface area contributed by atoms with E-state index >= 15 is 0 Å². The molecule has 0 unspecified atom stereocenters. The van der Waals surface area contributed by atoms with Crippen molar-refractivity contribution in [3.63, 3.8) is 0 Å². The lowest BCUT2D eigenvalue weighted by molar-refractivity contribution is -0.121. The molecule has 7 nitrogen and oxygen atoms in total. The fourth-order valence-corrected chi connectivity index (χ4v) is 3.27. The second-order valence-electron chi connectivity index (χ2n) is 6.80. The standard InChI is InChI=1S/C22H24ClN3O4/c1-29-19-12-17-18(13-20(19)30-2)25-14-26(22(17)28)11-3-4-21(27)24-10-9-15-5-7-16(23)8-6-15/h5-8,12-14H,3-4,9-11H2,1-2H3,(H,24,27). The normalized spacial score (nSPS) is 10.8. The van der Waals surface area contributed by atoms with E-state index in [1.165, 1.54) is 25.1 Å². The minimum absolute atomic E-state index is 0.0443. The molecule has 158 valence electrons. The maximum atomic E-state index is 12.7. The molecule has 1 aromatic heterocycles. The summed E-state index contributed by atoms with van der Waals surface area (Å²) in [6.45, 7) is 0.959. The van der Waals surface area contributed by atoms with Crippen molar-refractivity contribution < 1.29 is 14.3 Å². The van der Waals surface area contributed by atoms with Crippen LogP contribution in [0.3, 0.4) is 0 Å². The highest BCUT2D eigenvalue weighted by atomic mass is 35.5. The van der Waals surface area contributed by atoms with Gasteiger partial charge in [0.1, 0.15) is 0 Å². The van der Waals surface area contributed by atoms with E-state index in [1.807, 2.05) is 24.3 Å². The molecule has 0 atom stereocenters. The number of nitrogens with one attached hydrogen (secondary N) is 1. The molecule has 1 amide bonds. The maximum absolute atomic E-state index is 12.7. The second kappa shape index (κ2) is 10.1. The Bertz CT molecular complexity index is 1080. The fourth-order valence-electron chi connectivity index (χ4n) is 3.14. The minimum Gasteiger partial charge on any atom is -0.493 e. The van der Waals surface area contributed by atoms with Crippen molar-refractivity contribution in [1.29, 1.82) is 0 Å². The molecular formula is C22H24ClN3O4. The molecular weight excluding hydrogens is 406 g/mol. The number of fused-ring (bicyclic) bond motifs is 1. The number of methoxy groups -OCH3 is 2. The second-order valence-corrected chi connectivity index (χ2v) is 7.23. The van der Waals surface area contributed by atoms with Crippen molar-refractivity contribution in [3.8, 4) is 11.5 Å². The van der Waals surface area contributed by atoms with E-state index in [9.17, 15) is 9.59 Å². The van der Waals surface area contributed by atoms with E-state index in [2.05, 4.69) is 10.3 Å². The molecule has 0 bridgehead atoms. The monoisotopic (exact) mass is 429 g/mol. The first-order chi connectivity index (χ1) is 14.5. The number of halogens is 1. The SMILES string of the molecule is COc1cc2ncn(CCCC(=O)NCCc3ccc(Cl)cc3)c(=O)c2cc1OC. The largest absolute Gasteiger partial charge is 0.493 e. The van der Waals surface area contributed by atoms with Crippen LogP contribution in [0.2, 0.25) is 5.02 Å². The number of carbonyl (C=O) groups is 1. The summed E-state index contributed by atoms with van der Waals surface area (Å²) in [5.74, 6) is 0.948. The smallest absolute Gasteiger partial charge is 0.261 e. The zero-order chi connectivity index (χ0) is 21.5. The Morgan fingerprint density at radius 2 is 1.83 bits per heavy atom. The number of carbonyl (C=O) groups excluding carboxylic acids is 1. The Balaban J connectivity index is 1.53. The molecule has 0 aliphatic carbocycles. The van der Waals surface area contributed by atoms with Gasteiger partial charge in [-0.2, -0.15) is 0 Å². The van der Waals surface area contributed by atoms with E-state index in [-0.39, 0.29) is 11.5 Å². The topological polar surface area (TPSA) is 82.5 Å². The summed E-state index contributed by atoms with van der Waals surface area (Å²) >= 11 is 5.87. The molecule has 0 spiro atoms. The van der Waals surface area contributed by atoms with E-state index in [0.29, 0.717) is 53.4 Å². The average Bonchev–Trinajstić information content (AvgIpc) is 2.76. The van der Waals surface area contributed by atoms with E-state index in [1.54, 1.807) is 12.1 Å². The highest BCUT2D eigenvalue weighted by Crippen LogP contribution is 2.29. The van der Waals surface area contributed by atoms with Gasteiger partial charge in [-0.1, -0.05) is 23.7 Å². The Hall–Kier alpha value is -3.06. The van der Waals surface area contributed by atoms with Crippen molar-refractivity contribution in [2.75, 3.05) is 20.8 Å². The van der Waals surface area contributed by atoms with Gasteiger partial charge in [-0.25, -0.2) is 4.98 Å². The van der Waals surface area contributed by atoms with E-state index in [4.69, 9.17) is 21.1 Å². The van der Waals surface area contributed by atoms with Gasteiger partial charge in [0.15, 0.2) is 11.5 Å². The van der Waals surface area contributed by atoms with Crippen LogP contribution in [-0.4, -0.2) is 36.2 Å². The first kappa shape index (κ1) is 21.6. The van der Waals surface area contributed by atoms with Gasteiger partial charge in [0, 0.05) is 30.6 Å². The number of aromatic nitrogens is 2. The lowest BCUT2D eigenvalue weighted by Gasteiger charge is -2.10. The minimum atomic E-state index is -0.177. The molecule has 8 heteroatoms. The molecule has 3 aromatic rings. The van der Waals surface area contributed by atoms with E-state index < -0.39 is 0 Å². The predicted octanol–water partition coefficient (Wildman–Crippen LogP) is 3.21. The van der Waals surface area contributed by atoms with Gasteiger partial charge in [0.25, 0.3) is 5.56 Å². The molecule has 0 saturated heterocycles. The van der Waals surface area contributed by atoms with Crippen molar-refractivity contribution in [3.05, 3.63) is 63.7 Å². The number of benzene rings is 2. The summed E-state index contributed by atoms with van der Waals surface area (Å²) in [6, 6.07) is 10.9. The molecule has 0 aliphatic heterocycles. The molecule has 30 heavy (non-hydrogen) atoms. The number of amides is 1. The van der Waals surface area contributed by atoms with E-state index in [0.717, 1.165) is 12.0 Å². The number of rotatable bonds is 9. The summed E-state index contributed by atoms with van der Waals surface area (Å²) in [4.78, 5) is 29.1. The maximum Gasteiger partial charge on any atom is 0.261 e. The summed E-state index contributed by atoms with van der Waals surface area (Å²) in [5, 5.41) is 4.04. The van der Waals surface area contributed by atoms with Crippen LogP contribution in [0.1, 0.15) is 18.4 Å². The average molecular weight is 430 g/mol. The molecule has 0 fully saturated rings. The highest BCUT2D eigenvalue weighted by Gasteiger charge is 2.11. The number of nitrogens with zero attached hydrogens (tertiary/aromatic N) is 2. The van der Waals surface area contributed by atoms with Crippen molar-refractivity contribution >= 4 is 28.4 Å². The fraction of sp³-hybridized carbons (Fsp3) is 0.318. The van der Waals surface area contributed by atoms with Gasteiger partial charge < -0.3 is 14.8 Å². The predicted molar refractivity (Wildman–Crippen MR) is 117 cm³/mol. The zero-order valence-electron chi connectivity index (χ0n) is 17.0. The molecule has 0 aliphatic rings.